The van der Waals surface area contributed by atoms with Gasteiger partial charge in [-0.25, -0.2) is 0 Å². The lowest BCUT2D eigenvalue weighted by atomic mass is 9.75. The summed E-state index contributed by atoms with van der Waals surface area (Å²) in [5.41, 5.74) is 1.14. The summed E-state index contributed by atoms with van der Waals surface area (Å²) in [7, 11) is 0. The van der Waals surface area contributed by atoms with Crippen LogP contribution in [0.25, 0.3) is 0 Å². The van der Waals surface area contributed by atoms with Crippen molar-refractivity contribution < 1.29 is 9.90 Å². The Balaban J connectivity index is 2.15. The fourth-order valence-corrected chi connectivity index (χ4v) is 2.31. The van der Waals surface area contributed by atoms with Crippen LogP contribution >= 0.6 is 0 Å². The van der Waals surface area contributed by atoms with Crippen molar-refractivity contribution in [2.24, 2.45) is 10.8 Å². The van der Waals surface area contributed by atoms with E-state index in [0.29, 0.717) is 5.41 Å². The number of rotatable bonds is 2. The van der Waals surface area contributed by atoms with Crippen LogP contribution < -0.4 is 0 Å². The van der Waals surface area contributed by atoms with Crippen molar-refractivity contribution in [1.29, 1.82) is 0 Å². The van der Waals surface area contributed by atoms with Crippen LogP contribution in [0.2, 0.25) is 0 Å². The van der Waals surface area contributed by atoms with Gasteiger partial charge in [-0.1, -0.05) is 25.5 Å². The Morgan fingerprint density at radius 3 is 2.36 bits per heavy atom. The third-order valence-corrected chi connectivity index (χ3v) is 3.75. The van der Waals surface area contributed by atoms with E-state index >= 15 is 0 Å². The summed E-state index contributed by atoms with van der Waals surface area (Å²) >= 11 is 0. The van der Waals surface area contributed by atoms with Crippen molar-refractivity contribution in [3.8, 4) is 0 Å². The molecule has 2 aliphatic rings. The van der Waals surface area contributed by atoms with Crippen LogP contribution in [-0.2, 0) is 4.79 Å². The van der Waals surface area contributed by atoms with Gasteiger partial charge in [0.15, 0.2) is 0 Å². The number of carboxylic acids is 1. The maximum absolute atomic E-state index is 11.1. The molecule has 2 rings (SSSR count). The minimum atomic E-state index is -0.608. The highest BCUT2D eigenvalue weighted by Crippen LogP contribution is 2.55. The van der Waals surface area contributed by atoms with Crippen molar-refractivity contribution in [3.05, 3.63) is 11.6 Å². The van der Waals surface area contributed by atoms with E-state index in [9.17, 15) is 4.79 Å². The summed E-state index contributed by atoms with van der Waals surface area (Å²) < 4.78 is 0. The minimum Gasteiger partial charge on any atom is -0.481 e. The molecule has 78 valence electrons. The molecule has 0 atom stereocenters. The smallest absolute Gasteiger partial charge is 0.313 e. The molecule has 0 aromatic heterocycles. The van der Waals surface area contributed by atoms with Gasteiger partial charge >= 0.3 is 5.97 Å². The molecule has 0 aromatic carbocycles. The van der Waals surface area contributed by atoms with Gasteiger partial charge in [0.1, 0.15) is 0 Å². The van der Waals surface area contributed by atoms with Gasteiger partial charge in [-0.15, -0.1) is 0 Å². The summed E-state index contributed by atoms with van der Waals surface area (Å²) in [5, 5.41) is 9.15. The van der Waals surface area contributed by atoms with Crippen LogP contribution in [0.15, 0.2) is 11.6 Å². The highest BCUT2D eigenvalue weighted by atomic mass is 16.4. The number of allylic oxidation sites excluding steroid dienone is 1. The number of carbonyl (C=O) groups is 1. The third-order valence-electron chi connectivity index (χ3n) is 3.75. The zero-order valence-corrected chi connectivity index (χ0v) is 8.97. The molecule has 2 heteroatoms. The van der Waals surface area contributed by atoms with Gasteiger partial charge < -0.3 is 5.11 Å². The number of carboxylic acid groups (broad SMARTS) is 1. The maximum Gasteiger partial charge on any atom is 0.313 e. The Hall–Kier alpha value is -0.790. The minimum absolute atomic E-state index is 0.373. The molecule has 0 unspecified atom stereocenters. The average Bonchev–Trinajstić information content (AvgIpc) is 2.84. The second-order valence-electron chi connectivity index (χ2n) is 5.48. The van der Waals surface area contributed by atoms with E-state index in [1.54, 1.807) is 0 Å². The first-order valence-corrected chi connectivity index (χ1v) is 5.39. The van der Waals surface area contributed by atoms with Crippen LogP contribution in [-0.4, -0.2) is 11.1 Å². The Morgan fingerprint density at radius 1 is 1.36 bits per heavy atom. The summed E-state index contributed by atoms with van der Waals surface area (Å²) in [4.78, 5) is 11.1. The lowest BCUT2D eigenvalue weighted by Crippen LogP contribution is -2.23. The first-order valence-electron chi connectivity index (χ1n) is 5.39. The molecule has 0 saturated heterocycles. The molecule has 1 saturated carbocycles. The molecule has 2 nitrogen and oxygen atoms in total. The van der Waals surface area contributed by atoms with E-state index in [4.69, 9.17) is 5.11 Å². The molecule has 0 heterocycles. The van der Waals surface area contributed by atoms with Crippen molar-refractivity contribution >= 4 is 5.97 Å². The zero-order chi connectivity index (χ0) is 10.4. The second kappa shape index (κ2) is 2.85. The Kier molecular flexibility index (Phi) is 1.98. The highest BCUT2D eigenvalue weighted by Gasteiger charge is 2.53. The Labute approximate surface area is 85.0 Å². The summed E-state index contributed by atoms with van der Waals surface area (Å²) in [6, 6.07) is 0. The van der Waals surface area contributed by atoms with E-state index in [2.05, 4.69) is 19.9 Å². The molecule has 0 aromatic rings. The van der Waals surface area contributed by atoms with E-state index in [1.807, 2.05) is 0 Å². The molecule has 1 fully saturated rings. The fourth-order valence-electron chi connectivity index (χ4n) is 2.31. The van der Waals surface area contributed by atoms with Gasteiger partial charge in [-0.05, 0) is 37.5 Å². The summed E-state index contributed by atoms with van der Waals surface area (Å²) in [5.74, 6) is -0.608. The molecule has 0 amide bonds. The molecule has 2 aliphatic carbocycles. The molecule has 0 spiro atoms. The van der Waals surface area contributed by atoms with Gasteiger partial charge in [0.05, 0.1) is 5.41 Å². The number of hydrogen-bond acceptors (Lipinski definition) is 1. The van der Waals surface area contributed by atoms with Crippen molar-refractivity contribution in [1.82, 2.24) is 0 Å². The number of hydrogen-bond donors (Lipinski definition) is 1. The van der Waals surface area contributed by atoms with Crippen molar-refractivity contribution in [3.63, 3.8) is 0 Å². The normalized spacial score (nSPS) is 28.0. The van der Waals surface area contributed by atoms with Gasteiger partial charge in [0.25, 0.3) is 0 Å². The first-order chi connectivity index (χ1) is 6.46. The van der Waals surface area contributed by atoms with Crippen molar-refractivity contribution in [2.45, 2.75) is 46.0 Å². The van der Waals surface area contributed by atoms with Crippen LogP contribution in [0.4, 0.5) is 0 Å². The monoisotopic (exact) mass is 194 g/mol. The standard InChI is InChI=1S/C12H18O2/c1-11(2)5-3-9(4-6-11)12(7-8-12)10(13)14/h3H,4-8H2,1-2H3,(H,13,14). The Bertz CT molecular complexity index is 295. The molecular weight excluding hydrogens is 176 g/mol. The molecule has 0 aliphatic heterocycles. The summed E-state index contributed by atoms with van der Waals surface area (Å²) in [6.07, 6.45) is 7.05. The van der Waals surface area contributed by atoms with Crippen LogP contribution in [0.1, 0.15) is 46.0 Å². The van der Waals surface area contributed by atoms with Crippen LogP contribution in [0, 0.1) is 10.8 Å². The Morgan fingerprint density at radius 2 is 2.00 bits per heavy atom. The second-order valence-corrected chi connectivity index (χ2v) is 5.48. The molecule has 0 bridgehead atoms. The lowest BCUT2D eigenvalue weighted by Gasteiger charge is -2.30. The SMILES string of the molecule is CC1(C)CC=C(C2(C(=O)O)CC2)CC1. The predicted octanol–water partition coefficient (Wildman–Crippen LogP) is 2.99. The molecule has 0 radical (unpaired) electrons. The molecule has 14 heavy (non-hydrogen) atoms. The van der Waals surface area contributed by atoms with Crippen LogP contribution in [0.3, 0.4) is 0 Å². The van der Waals surface area contributed by atoms with Gasteiger partial charge in [-0.2, -0.15) is 0 Å². The molecular formula is C12H18O2. The van der Waals surface area contributed by atoms with E-state index < -0.39 is 11.4 Å². The third kappa shape index (κ3) is 1.47. The lowest BCUT2D eigenvalue weighted by molar-refractivity contribution is -0.141. The largest absolute Gasteiger partial charge is 0.481 e. The zero-order valence-electron chi connectivity index (χ0n) is 8.97. The van der Waals surface area contributed by atoms with E-state index in [-0.39, 0.29) is 0 Å². The predicted molar refractivity (Wildman–Crippen MR) is 55.0 cm³/mol. The van der Waals surface area contributed by atoms with Gasteiger partial charge in [-0.3, -0.25) is 4.79 Å². The van der Waals surface area contributed by atoms with E-state index in [1.165, 1.54) is 5.57 Å². The van der Waals surface area contributed by atoms with Gasteiger partial charge in [0, 0.05) is 0 Å². The highest BCUT2D eigenvalue weighted by molar-refractivity contribution is 5.82. The maximum atomic E-state index is 11.1. The van der Waals surface area contributed by atoms with Crippen molar-refractivity contribution in [2.75, 3.05) is 0 Å². The fraction of sp³-hybridized carbons (Fsp3) is 0.750. The van der Waals surface area contributed by atoms with E-state index in [0.717, 1.165) is 32.1 Å². The number of aliphatic carboxylic acids is 1. The average molecular weight is 194 g/mol. The topological polar surface area (TPSA) is 37.3 Å². The molecule has 1 N–H and O–H groups in total. The van der Waals surface area contributed by atoms with Gasteiger partial charge in [0.2, 0.25) is 0 Å². The quantitative estimate of drug-likeness (QED) is 0.686. The first kappa shape index (κ1) is 9.75. The summed E-state index contributed by atoms with van der Waals surface area (Å²) in [6.45, 7) is 4.50. The van der Waals surface area contributed by atoms with Crippen LogP contribution in [0.5, 0.6) is 0 Å².